The normalized spacial score (nSPS) is 20.0. The van der Waals surface area contributed by atoms with Crippen LogP contribution in [-0.4, -0.2) is 16.1 Å². The summed E-state index contributed by atoms with van der Waals surface area (Å²) < 4.78 is 2.31. The zero-order valence-electron chi connectivity index (χ0n) is 11.3. The van der Waals surface area contributed by atoms with E-state index in [1.54, 1.807) is 0 Å². The molecule has 19 heavy (non-hydrogen) atoms. The summed E-state index contributed by atoms with van der Waals surface area (Å²) in [6.07, 6.45) is 4.81. The van der Waals surface area contributed by atoms with E-state index in [2.05, 4.69) is 22.9 Å². The van der Waals surface area contributed by atoms with Crippen molar-refractivity contribution in [3.8, 4) is 0 Å². The molecule has 3 rings (SSSR count). The summed E-state index contributed by atoms with van der Waals surface area (Å²) in [4.78, 5) is 4.83. The summed E-state index contributed by atoms with van der Waals surface area (Å²) in [5.74, 6) is 1.16. The van der Waals surface area contributed by atoms with Gasteiger partial charge in [-0.3, -0.25) is 0 Å². The molecular weight excluding hydrogens is 258 g/mol. The largest absolute Gasteiger partial charge is 0.325 e. The maximum Gasteiger partial charge on any atom is 0.127 e. The highest BCUT2D eigenvalue weighted by Gasteiger charge is 2.22. The van der Waals surface area contributed by atoms with E-state index in [4.69, 9.17) is 16.6 Å². The van der Waals surface area contributed by atoms with Gasteiger partial charge in [0.25, 0.3) is 0 Å². The van der Waals surface area contributed by atoms with Crippen LogP contribution in [0, 0.1) is 0 Å². The number of para-hydroxylation sites is 1. The second-order valence-corrected chi connectivity index (χ2v) is 5.64. The van der Waals surface area contributed by atoms with Gasteiger partial charge in [0.1, 0.15) is 5.82 Å². The Hall–Kier alpha value is -1.06. The minimum Gasteiger partial charge on any atom is -0.325 e. The van der Waals surface area contributed by atoms with Crippen molar-refractivity contribution in [3.63, 3.8) is 0 Å². The Morgan fingerprint density at radius 2 is 2.32 bits per heavy atom. The molecule has 4 heteroatoms. The molecule has 1 atom stereocenters. The average Bonchev–Trinajstić information content (AvgIpc) is 2.81. The van der Waals surface area contributed by atoms with Gasteiger partial charge in [0.05, 0.1) is 22.1 Å². The number of nitrogens with one attached hydrogen (secondary N) is 1. The summed E-state index contributed by atoms with van der Waals surface area (Å²) in [7, 11) is 0. The number of aryl methyl sites for hydroxylation is 1. The third-order valence-electron chi connectivity index (χ3n) is 3.82. The van der Waals surface area contributed by atoms with E-state index in [-0.39, 0.29) is 0 Å². The van der Waals surface area contributed by atoms with Crippen LogP contribution >= 0.6 is 11.6 Å². The molecule has 0 amide bonds. The molecule has 1 N–H and O–H groups in total. The van der Waals surface area contributed by atoms with Crippen LogP contribution in [0.4, 0.5) is 0 Å². The van der Waals surface area contributed by atoms with Crippen LogP contribution in [0.15, 0.2) is 18.2 Å². The lowest BCUT2D eigenvalue weighted by Gasteiger charge is -2.24. The molecule has 0 spiro atoms. The number of hydrogen-bond acceptors (Lipinski definition) is 2. The summed E-state index contributed by atoms with van der Waals surface area (Å²) >= 11 is 6.37. The van der Waals surface area contributed by atoms with Crippen molar-refractivity contribution in [2.24, 2.45) is 0 Å². The highest BCUT2D eigenvalue weighted by Crippen LogP contribution is 2.30. The lowest BCUT2D eigenvalue weighted by atomic mass is 10.0. The lowest BCUT2D eigenvalue weighted by molar-refractivity contribution is 0.386. The summed E-state index contributed by atoms with van der Waals surface area (Å²) in [6.45, 7) is 4.27. The van der Waals surface area contributed by atoms with Gasteiger partial charge < -0.3 is 9.88 Å². The van der Waals surface area contributed by atoms with Crippen molar-refractivity contribution in [3.05, 3.63) is 29.0 Å². The molecule has 0 aliphatic carbocycles. The molecule has 0 bridgehead atoms. The second kappa shape index (κ2) is 5.51. The fraction of sp³-hybridized carbons (Fsp3) is 0.533. The van der Waals surface area contributed by atoms with Crippen molar-refractivity contribution in [1.29, 1.82) is 0 Å². The van der Waals surface area contributed by atoms with Crippen molar-refractivity contribution >= 4 is 22.6 Å². The van der Waals surface area contributed by atoms with E-state index >= 15 is 0 Å². The topological polar surface area (TPSA) is 29.9 Å². The summed E-state index contributed by atoms with van der Waals surface area (Å²) in [5, 5.41) is 4.39. The number of benzene rings is 1. The van der Waals surface area contributed by atoms with Gasteiger partial charge in [0.15, 0.2) is 0 Å². The first-order chi connectivity index (χ1) is 9.31. The molecule has 2 heterocycles. The lowest BCUT2D eigenvalue weighted by Crippen LogP contribution is -2.29. The van der Waals surface area contributed by atoms with Gasteiger partial charge in [-0.15, -0.1) is 0 Å². The Kier molecular flexibility index (Phi) is 3.76. The highest BCUT2D eigenvalue weighted by molar-refractivity contribution is 6.35. The number of imidazole rings is 1. The van der Waals surface area contributed by atoms with Crippen LogP contribution in [-0.2, 0) is 6.54 Å². The highest BCUT2D eigenvalue weighted by atomic mass is 35.5. The first kappa shape index (κ1) is 12.9. The molecule has 1 aromatic carbocycles. The van der Waals surface area contributed by atoms with Crippen molar-refractivity contribution in [1.82, 2.24) is 14.9 Å². The third kappa shape index (κ3) is 2.37. The molecule has 1 fully saturated rings. The number of rotatable bonds is 3. The fourth-order valence-corrected chi connectivity index (χ4v) is 3.22. The minimum atomic E-state index is 0.378. The summed E-state index contributed by atoms with van der Waals surface area (Å²) in [6, 6.07) is 6.37. The van der Waals surface area contributed by atoms with E-state index in [0.717, 1.165) is 41.4 Å². The van der Waals surface area contributed by atoms with E-state index < -0.39 is 0 Å². The zero-order valence-corrected chi connectivity index (χ0v) is 12.1. The number of aromatic nitrogens is 2. The molecule has 1 aliphatic heterocycles. The second-order valence-electron chi connectivity index (χ2n) is 5.23. The minimum absolute atomic E-state index is 0.378. The SMILES string of the molecule is CCCn1c(C2CCCCN2)nc2cccc(Cl)c21. The van der Waals surface area contributed by atoms with E-state index in [0.29, 0.717) is 6.04 Å². The van der Waals surface area contributed by atoms with Crippen molar-refractivity contribution < 1.29 is 0 Å². The fourth-order valence-electron chi connectivity index (χ4n) is 2.95. The van der Waals surface area contributed by atoms with E-state index in [1.165, 1.54) is 19.3 Å². The van der Waals surface area contributed by atoms with Crippen molar-refractivity contribution in [2.45, 2.75) is 45.2 Å². The number of fused-ring (bicyclic) bond motifs is 1. The van der Waals surface area contributed by atoms with Gasteiger partial charge in [-0.05, 0) is 37.9 Å². The van der Waals surface area contributed by atoms with Crippen molar-refractivity contribution in [2.75, 3.05) is 6.54 Å². The summed E-state index contributed by atoms with van der Waals surface area (Å²) in [5.41, 5.74) is 2.11. The molecule has 1 unspecified atom stereocenters. The van der Waals surface area contributed by atoms with Gasteiger partial charge in [0, 0.05) is 6.54 Å². The number of nitrogens with zero attached hydrogens (tertiary/aromatic N) is 2. The molecule has 102 valence electrons. The maximum atomic E-state index is 6.37. The van der Waals surface area contributed by atoms with Gasteiger partial charge in [-0.2, -0.15) is 0 Å². The quantitative estimate of drug-likeness (QED) is 0.922. The third-order valence-corrected chi connectivity index (χ3v) is 4.12. The van der Waals surface area contributed by atoms with E-state index in [9.17, 15) is 0 Å². The van der Waals surface area contributed by atoms with Crippen LogP contribution < -0.4 is 5.32 Å². The van der Waals surface area contributed by atoms with Gasteiger partial charge in [0.2, 0.25) is 0 Å². The number of hydrogen-bond donors (Lipinski definition) is 1. The average molecular weight is 278 g/mol. The first-order valence-electron chi connectivity index (χ1n) is 7.19. The van der Waals surface area contributed by atoms with Gasteiger partial charge in [-0.1, -0.05) is 31.0 Å². The van der Waals surface area contributed by atoms with Gasteiger partial charge >= 0.3 is 0 Å². The van der Waals surface area contributed by atoms with Crippen LogP contribution in [0.5, 0.6) is 0 Å². The Bertz CT molecular complexity index is 570. The molecule has 0 saturated carbocycles. The van der Waals surface area contributed by atoms with Crippen LogP contribution in [0.1, 0.15) is 44.5 Å². The Balaban J connectivity index is 2.11. The molecule has 1 saturated heterocycles. The maximum absolute atomic E-state index is 6.37. The van der Waals surface area contributed by atoms with Crippen LogP contribution in [0.25, 0.3) is 11.0 Å². The Labute approximate surface area is 119 Å². The zero-order chi connectivity index (χ0) is 13.2. The molecule has 1 aromatic heterocycles. The molecule has 1 aliphatic rings. The van der Waals surface area contributed by atoms with E-state index in [1.807, 2.05) is 12.1 Å². The predicted molar refractivity (Wildman–Crippen MR) is 79.6 cm³/mol. The monoisotopic (exact) mass is 277 g/mol. The predicted octanol–water partition coefficient (Wildman–Crippen LogP) is 3.91. The first-order valence-corrected chi connectivity index (χ1v) is 7.57. The van der Waals surface area contributed by atoms with Crippen LogP contribution in [0.2, 0.25) is 5.02 Å². The number of halogens is 1. The molecular formula is C15H20ClN3. The van der Waals surface area contributed by atoms with Crippen LogP contribution in [0.3, 0.4) is 0 Å². The Morgan fingerprint density at radius 1 is 1.42 bits per heavy atom. The molecule has 2 aromatic rings. The number of piperidine rings is 1. The molecule has 0 radical (unpaired) electrons. The van der Waals surface area contributed by atoms with Gasteiger partial charge in [-0.25, -0.2) is 4.98 Å². The standard InChI is InChI=1S/C15H20ClN3/c1-2-10-19-14-11(16)6-5-8-12(14)18-15(19)13-7-3-4-9-17-13/h5-6,8,13,17H,2-4,7,9-10H2,1H3. The Morgan fingerprint density at radius 3 is 3.05 bits per heavy atom. The molecule has 3 nitrogen and oxygen atoms in total. The smallest absolute Gasteiger partial charge is 0.127 e.